The Morgan fingerprint density at radius 2 is 1.73 bits per heavy atom. The second-order valence-electron chi connectivity index (χ2n) is 3.17. The Hall–Kier alpha value is -1.59. The number of rotatable bonds is 8. The van der Waals surface area contributed by atoms with Gasteiger partial charge in [0.1, 0.15) is 0 Å². The molecule has 0 aromatic carbocycles. The minimum atomic E-state index is -0.906. The van der Waals surface area contributed by atoms with Crippen molar-refractivity contribution in [1.82, 2.24) is 5.32 Å². The van der Waals surface area contributed by atoms with Crippen LogP contribution in [0.5, 0.6) is 0 Å². The van der Waals surface area contributed by atoms with Gasteiger partial charge >= 0.3 is 5.97 Å². The normalized spacial score (nSPS) is 9.60. The maximum Gasteiger partial charge on any atom is 0.303 e. The molecule has 0 aromatic rings. The Bertz CT molecular complexity index is 240. The highest BCUT2D eigenvalue weighted by Crippen LogP contribution is 1.95. The molecule has 0 aliphatic carbocycles. The smallest absolute Gasteiger partial charge is 0.303 e. The molecule has 0 saturated heterocycles. The summed E-state index contributed by atoms with van der Waals surface area (Å²) in [6.45, 7) is 0.398. The van der Waals surface area contributed by atoms with Crippen LogP contribution in [-0.4, -0.2) is 29.4 Å². The highest BCUT2D eigenvalue weighted by Gasteiger charge is 2.03. The largest absolute Gasteiger partial charge is 0.481 e. The van der Waals surface area contributed by atoms with Crippen LogP contribution in [0.15, 0.2) is 0 Å². The van der Waals surface area contributed by atoms with E-state index in [-0.39, 0.29) is 25.2 Å². The lowest BCUT2D eigenvalue weighted by Gasteiger charge is -2.02. The molecule has 86 valence electrons. The summed E-state index contributed by atoms with van der Waals surface area (Å²) in [5.41, 5.74) is 4.91. The van der Waals surface area contributed by atoms with Crippen LogP contribution in [-0.2, 0) is 14.4 Å². The van der Waals surface area contributed by atoms with Gasteiger partial charge in [-0.1, -0.05) is 0 Å². The van der Waals surface area contributed by atoms with Gasteiger partial charge in [0.2, 0.25) is 11.8 Å². The van der Waals surface area contributed by atoms with Crippen LogP contribution in [0.4, 0.5) is 0 Å². The molecule has 4 N–H and O–H groups in total. The van der Waals surface area contributed by atoms with E-state index in [4.69, 9.17) is 10.8 Å². The van der Waals surface area contributed by atoms with Crippen molar-refractivity contribution in [3.8, 4) is 0 Å². The highest BCUT2D eigenvalue weighted by molar-refractivity contribution is 5.77. The van der Waals surface area contributed by atoms with Crippen LogP contribution in [0.1, 0.15) is 32.1 Å². The van der Waals surface area contributed by atoms with E-state index in [9.17, 15) is 14.4 Å². The zero-order valence-corrected chi connectivity index (χ0v) is 8.49. The van der Waals surface area contributed by atoms with Gasteiger partial charge in [-0.25, -0.2) is 0 Å². The molecule has 0 aromatic heterocycles. The Balaban J connectivity index is 3.33. The lowest BCUT2D eigenvalue weighted by Crippen LogP contribution is -2.25. The summed E-state index contributed by atoms with van der Waals surface area (Å²) < 4.78 is 0. The van der Waals surface area contributed by atoms with E-state index >= 15 is 0 Å². The molecular formula is C9H16N2O4. The summed E-state index contributed by atoms with van der Waals surface area (Å²) in [4.78, 5) is 31.5. The molecule has 15 heavy (non-hydrogen) atoms. The zero-order chi connectivity index (χ0) is 11.7. The van der Waals surface area contributed by atoms with Crippen molar-refractivity contribution >= 4 is 17.8 Å². The van der Waals surface area contributed by atoms with E-state index in [0.717, 1.165) is 0 Å². The quantitative estimate of drug-likeness (QED) is 0.480. The number of amides is 2. The third kappa shape index (κ3) is 10.3. The number of nitrogens with two attached hydrogens (primary N) is 1. The van der Waals surface area contributed by atoms with Gasteiger partial charge in [0.25, 0.3) is 0 Å². The van der Waals surface area contributed by atoms with Gasteiger partial charge in [-0.3, -0.25) is 14.4 Å². The van der Waals surface area contributed by atoms with Crippen LogP contribution in [0.3, 0.4) is 0 Å². The average molecular weight is 216 g/mol. The second-order valence-corrected chi connectivity index (χ2v) is 3.17. The molecule has 0 radical (unpaired) electrons. The lowest BCUT2D eigenvalue weighted by molar-refractivity contribution is -0.137. The molecule has 6 nitrogen and oxygen atoms in total. The first-order valence-electron chi connectivity index (χ1n) is 4.79. The Kier molecular flexibility index (Phi) is 6.96. The van der Waals surface area contributed by atoms with Crippen molar-refractivity contribution in [2.24, 2.45) is 5.73 Å². The van der Waals surface area contributed by atoms with Gasteiger partial charge in [0, 0.05) is 25.8 Å². The number of carboxylic acid groups (broad SMARTS) is 1. The van der Waals surface area contributed by atoms with Gasteiger partial charge in [-0.15, -0.1) is 0 Å². The van der Waals surface area contributed by atoms with Crippen LogP contribution in [0.25, 0.3) is 0 Å². The summed E-state index contributed by atoms with van der Waals surface area (Å²) in [5, 5.41) is 10.9. The van der Waals surface area contributed by atoms with Crippen molar-refractivity contribution in [1.29, 1.82) is 0 Å². The summed E-state index contributed by atoms with van der Waals surface area (Å²) in [6, 6.07) is 0. The van der Waals surface area contributed by atoms with E-state index < -0.39 is 11.9 Å². The summed E-state index contributed by atoms with van der Waals surface area (Å²) in [6.07, 6.45) is 1.28. The van der Waals surface area contributed by atoms with Crippen LogP contribution in [0, 0.1) is 0 Å². The van der Waals surface area contributed by atoms with Crippen LogP contribution in [0.2, 0.25) is 0 Å². The van der Waals surface area contributed by atoms with Crippen LogP contribution >= 0.6 is 0 Å². The second kappa shape index (κ2) is 7.78. The number of nitrogens with one attached hydrogen (secondary N) is 1. The maximum atomic E-state index is 11.0. The molecule has 0 aliphatic heterocycles. The molecule has 0 spiro atoms. The fourth-order valence-corrected chi connectivity index (χ4v) is 0.979. The SMILES string of the molecule is NC(=O)CCCNC(=O)CCCC(=O)O. The van der Waals surface area contributed by atoms with Gasteiger partial charge in [0.05, 0.1) is 0 Å². The highest BCUT2D eigenvalue weighted by atomic mass is 16.4. The predicted molar refractivity (Wildman–Crippen MR) is 52.9 cm³/mol. The van der Waals surface area contributed by atoms with Crippen molar-refractivity contribution in [3.63, 3.8) is 0 Å². The molecule has 0 heterocycles. The van der Waals surface area contributed by atoms with E-state index in [0.29, 0.717) is 19.4 Å². The fourth-order valence-electron chi connectivity index (χ4n) is 0.979. The van der Waals surface area contributed by atoms with Crippen molar-refractivity contribution in [2.45, 2.75) is 32.1 Å². The van der Waals surface area contributed by atoms with Crippen LogP contribution < -0.4 is 11.1 Å². The minimum absolute atomic E-state index is 0.00525. The van der Waals surface area contributed by atoms with Gasteiger partial charge in [0.15, 0.2) is 0 Å². The maximum absolute atomic E-state index is 11.0. The molecule has 0 saturated carbocycles. The molecule has 6 heteroatoms. The number of hydrogen-bond donors (Lipinski definition) is 3. The number of primary amides is 1. The molecule has 2 amide bonds. The number of aliphatic carboxylic acids is 1. The molecule has 0 atom stereocenters. The average Bonchev–Trinajstić information content (AvgIpc) is 2.11. The van der Waals surface area contributed by atoms with Crippen molar-refractivity contribution < 1.29 is 19.5 Å². The zero-order valence-electron chi connectivity index (χ0n) is 8.49. The van der Waals surface area contributed by atoms with E-state index in [1.54, 1.807) is 0 Å². The van der Waals surface area contributed by atoms with Crippen molar-refractivity contribution in [3.05, 3.63) is 0 Å². The van der Waals surface area contributed by atoms with E-state index in [1.807, 2.05) is 0 Å². The third-order valence-corrected chi connectivity index (χ3v) is 1.72. The molecule has 0 aliphatic rings. The first-order valence-corrected chi connectivity index (χ1v) is 4.79. The van der Waals surface area contributed by atoms with Gasteiger partial charge < -0.3 is 16.2 Å². The number of carbonyl (C=O) groups excluding carboxylic acids is 2. The topological polar surface area (TPSA) is 109 Å². The van der Waals surface area contributed by atoms with E-state index in [1.165, 1.54) is 0 Å². The predicted octanol–water partition coefficient (Wildman–Crippen LogP) is -0.377. The lowest BCUT2D eigenvalue weighted by atomic mass is 10.2. The van der Waals surface area contributed by atoms with Gasteiger partial charge in [-0.2, -0.15) is 0 Å². The monoisotopic (exact) mass is 216 g/mol. The van der Waals surface area contributed by atoms with E-state index in [2.05, 4.69) is 5.32 Å². The number of hydrogen-bond acceptors (Lipinski definition) is 3. The molecular weight excluding hydrogens is 200 g/mol. The third-order valence-electron chi connectivity index (χ3n) is 1.72. The Morgan fingerprint density at radius 1 is 1.07 bits per heavy atom. The molecule has 0 unspecified atom stereocenters. The number of carbonyl (C=O) groups is 3. The summed E-state index contributed by atoms with van der Waals surface area (Å²) in [7, 11) is 0. The molecule has 0 bridgehead atoms. The summed E-state index contributed by atoms with van der Waals surface area (Å²) >= 11 is 0. The van der Waals surface area contributed by atoms with Crippen molar-refractivity contribution in [2.75, 3.05) is 6.54 Å². The first kappa shape index (κ1) is 13.4. The summed E-state index contributed by atoms with van der Waals surface area (Å²) in [5.74, 6) is -1.49. The molecule has 0 fully saturated rings. The minimum Gasteiger partial charge on any atom is -0.481 e. The fraction of sp³-hybridized carbons (Fsp3) is 0.667. The Morgan fingerprint density at radius 3 is 2.27 bits per heavy atom. The molecule has 0 rings (SSSR count). The van der Waals surface area contributed by atoms with Gasteiger partial charge in [-0.05, 0) is 12.8 Å². The Labute approximate surface area is 87.8 Å². The standard InChI is InChI=1S/C9H16N2O4/c10-7(12)3-2-6-11-8(13)4-1-5-9(14)15/h1-6H2,(H2,10,12)(H,11,13)(H,14,15). The number of carboxylic acids is 1. The first-order chi connectivity index (χ1) is 7.02.